The molecule has 0 radical (unpaired) electrons. The van der Waals surface area contributed by atoms with Crippen LogP contribution in [0.3, 0.4) is 0 Å². The highest BCUT2D eigenvalue weighted by molar-refractivity contribution is 7.90. The topological polar surface area (TPSA) is 74.8 Å². The number of benzene rings is 2. The minimum absolute atomic E-state index is 0.0456. The monoisotopic (exact) mass is 398 g/mol. The second-order valence-corrected chi connectivity index (χ2v) is 10.0. The van der Waals surface area contributed by atoms with Crippen molar-refractivity contribution < 1.29 is 21.2 Å². The van der Waals surface area contributed by atoms with Crippen LogP contribution in [-0.4, -0.2) is 53.6 Å². The first-order valence-corrected chi connectivity index (χ1v) is 11.3. The third kappa shape index (κ3) is 3.74. The summed E-state index contributed by atoms with van der Waals surface area (Å²) in [6, 6.07) is 11.6. The molecular formula is C17H19FN2O4S2. The summed E-state index contributed by atoms with van der Waals surface area (Å²) in [5.74, 6) is -0.333. The third-order valence-corrected chi connectivity index (χ3v) is 7.36. The summed E-state index contributed by atoms with van der Waals surface area (Å²) in [6.07, 6.45) is 1.07. The molecule has 1 heterocycles. The van der Waals surface area contributed by atoms with Gasteiger partial charge in [-0.15, -0.1) is 0 Å². The van der Waals surface area contributed by atoms with Crippen molar-refractivity contribution in [2.75, 3.05) is 37.3 Å². The summed E-state index contributed by atoms with van der Waals surface area (Å²) in [5.41, 5.74) is 0.460. The van der Waals surface area contributed by atoms with Crippen LogP contribution in [0.2, 0.25) is 0 Å². The number of anilines is 1. The highest BCUT2D eigenvalue weighted by Crippen LogP contribution is 2.23. The Morgan fingerprint density at radius 2 is 1.35 bits per heavy atom. The van der Waals surface area contributed by atoms with Crippen LogP contribution in [0.25, 0.3) is 0 Å². The van der Waals surface area contributed by atoms with Crippen LogP contribution in [0.5, 0.6) is 0 Å². The van der Waals surface area contributed by atoms with E-state index in [1.807, 2.05) is 4.90 Å². The minimum Gasteiger partial charge on any atom is -0.367 e. The van der Waals surface area contributed by atoms with Crippen molar-refractivity contribution in [1.29, 1.82) is 0 Å². The first kappa shape index (κ1) is 18.8. The molecule has 0 atom stereocenters. The van der Waals surface area contributed by atoms with Gasteiger partial charge in [0, 0.05) is 32.4 Å². The highest BCUT2D eigenvalue weighted by Gasteiger charge is 2.29. The fourth-order valence-corrected chi connectivity index (χ4v) is 4.94. The van der Waals surface area contributed by atoms with E-state index in [4.69, 9.17) is 0 Å². The number of hydrogen-bond donors (Lipinski definition) is 0. The molecule has 1 aliphatic heterocycles. The van der Waals surface area contributed by atoms with Crippen molar-refractivity contribution in [3.8, 4) is 0 Å². The molecule has 0 unspecified atom stereocenters. The Labute approximate surface area is 152 Å². The number of halogens is 1. The van der Waals surface area contributed by atoms with Gasteiger partial charge in [0.05, 0.1) is 15.5 Å². The Morgan fingerprint density at radius 3 is 1.88 bits per heavy atom. The van der Waals surface area contributed by atoms with Gasteiger partial charge in [-0.25, -0.2) is 21.2 Å². The van der Waals surface area contributed by atoms with Gasteiger partial charge in [0.15, 0.2) is 9.84 Å². The van der Waals surface area contributed by atoms with Gasteiger partial charge in [0.25, 0.3) is 0 Å². The van der Waals surface area contributed by atoms with Crippen molar-refractivity contribution in [1.82, 2.24) is 4.31 Å². The first-order valence-electron chi connectivity index (χ1n) is 7.99. The highest BCUT2D eigenvalue weighted by atomic mass is 32.2. The van der Waals surface area contributed by atoms with E-state index in [9.17, 15) is 21.2 Å². The lowest BCUT2D eigenvalue weighted by molar-refractivity contribution is 0.383. The van der Waals surface area contributed by atoms with E-state index in [1.54, 1.807) is 18.2 Å². The van der Waals surface area contributed by atoms with E-state index in [0.717, 1.165) is 6.26 Å². The van der Waals surface area contributed by atoms with E-state index < -0.39 is 19.9 Å². The summed E-state index contributed by atoms with van der Waals surface area (Å²) in [6.45, 7) is 1.21. The van der Waals surface area contributed by atoms with E-state index in [2.05, 4.69) is 0 Å². The van der Waals surface area contributed by atoms with Crippen LogP contribution >= 0.6 is 0 Å². The average Bonchev–Trinajstić information content (AvgIpc) is 2.62. The molecule has 6 nitrogen and oxygen atoms in total. The van der Waals surface area contributed by atoms with E-state index in [-0.39, 0.29) is 28.7 Å². The molecule has 3 rings (SSSR count). The van der Waals surface area contributed by atoms with Crippen molar-refractivity contribution in [2.24, 2.45) is 0 Å². The van der Waals surface area contributed by atoms with Crippen molar-refractivity contribution >= 4 is 25.5 Å². The minimum atomic E-state index is -3.72. The average molecular weight is 398 g/mol. The maximum absolute atomic E-state index is 13.9. The smallest absolute Gasteiger partial charge is 0.243 e. The predicted molar refractivity (Wildman–Crippen MR) is 96.9 cm³/mol. The van der Waals surface area contributed by atoms with E-state index >= 15 is 0 Å². The van der Waals surface area contributed by atoms with Crippen LogP contribution in [0.1, 0.15) is 0 Å². The number of sulfone groups is 1. The quantitative estimate of drug-likeness (QED) is 0.784. The normalized spacial score (nSPS) is 16.6. The number of nitrogens with zero attached hydrogens (tertiary/aromatic N) is 2. The van der Waals surface area contributed by atoms with Gasteiger partial charge in [-0.3, -0.25) is 0 Å². The third-order valence-electron chi connectivity index (χ3n) is 4.32. The molecule has 0 N–H and O–H groups in total. The van der Waals surface area contributed by atoms with Gasteiger partial charge >= 0.3 is 0 Å². The predicted octanol–water partition coefficient (Wildman–Crippen LogP) is 1.74. The molecule has 2 aromatic rings. The van der Waals surface area contributed by atoms with Gasteiger partial charge in [-0.05, 0) is 36.4 Å². The molecule has 0 aliphatic carbocycles. The molecule has 0 aromatic heterocycles. The van der Waals surface area contributed by atoms with Gasteiger partial charge in [-0.1, -0.05) is 12.1 Å². The lowest BCUT2D eigenvalue weighted by atomic mass is 10.2. The number of piperazine rings is 1. The lowest BCUT2D eigenvalue weighted by Crippen LogP contribution is -2.48. The van der Waals surface area contributed by atoms with Crippen LogP contribution in [0.15, 0.2) is 58.3 Å². The number of para-hydroxylation sites is 1. The zero-order chi connectivity index (χ0) is 18.9. The Morgan fingerprint density at radius 1 is 0.808 bits per heavy atom. The summed E-state index contributed by atoms with van der Waals surface area (Å²) in [7, 11) is -7.10. The molecule has 9 heteroatoms. The number of sulfonamides is 1. The fourth-order valence-electron chi connectivity index (χ4n) is 2.89. The summed E-state index contributed by atoms with van der Waals surface area (Å²) >= 11 is 0. The molecule has 1 fully saturated rings. The lowest BCUT2D eigenvalue weighted by Gasteiger charge is -2.35. The maximum Gasteiger partial charge on any atom is 0.243 e. The standard InChI is InChI=1S/C17H19FN2O4S2/c1-25(21,22)14-6-8-15(9-7-14)26(23,24)20-12-10-19(11-13-20)17-5-3-2-4-16(17)18/h2-9H,10-13H2,1H3. The van der Waals surface area contributed by atoms with Gasteiger partial charge in [-0.2, -0.15) is 4.31 Å². The summed E-state index contributed by atoms with van der Waals surface area (Å²) < 4.78 is 63.7. The zero-order valence-electron chi connectivity index (χ0n) is 14.2. The first-order chi connectivity index (χ1) is 12.2. The largest absolute Gasteiger partial charge is 0.367 e. The van der Waals surface area contributed by atoms with Crippen molar-refractivity contribution in [3.63, 3.8) is 0 Å². The molecule has 26 heavy (non-hydrogen) atoms. The molecule has 1 saturated heterocycles. The fraction of sp³-hybridized carbons (Fsp3) is 0.294. The molecule has 0 bridgehead atoms. The molecular weight excluding hydrogens is 379 g/mol. The van der Waals surface area contributed by atoms with Gasteiger partial charge < -0.3 is 4.90 Å². The number of rotatable bonds is 4. The van der Waals surface area contributed by atoms with Crippen LogP contribution in [0.4, 0.5) is 10.1 Å². The molecule has 0 amide bonds. The zero-order valence-corrected chi connectivity index (χ0v) is 15.8. The SMILES string of the molecule is CS(=O)(=O)c1ccc(S(=O)(=O)N2CCN(c3ccccc3F)CC2)cc1. The van der Waals surface area contributed by atoms with Gasteiger partial charge in [0.2, 0.25) is 10.0 Å². The van der Waals surface area contributed by atoms with Crippen LogP contribution in [-0.2, 0) is 19.9 Å². The second-order valence-electron chi connectivity index (χ2n) is 6.09. The van der Waals surface area contributed by atoms with E-state index in [0.29, 0.717) is 18.8 Å². The molecule has 2 aromatic carbocycles. The Balaban J connectivity index is 1.75. The second kappa shape index (κ2) is 6.98. The molecule has 0 spiro atoms. The number of hydrogen-bond acceptors (Lipinski definition) is 5. The van der Waals surface area contributed by atoms with Gasteiger partial charge in [0.1, 0.15) is 5.82 Å². The van der Waals surface area contributed by atoms with E-state index in [1.165, 1.54) is 34.6 Å². The molecule has 1 aliphatic rings. The molecule has 0 saturated carbocycles. The van der Waals surface area contributed by atoms with Crippen LogP contribution in [0, 0.1) is 5.82 Å². The summed E-state index contributed by atoms with van der Waals surface area (Å²) in [4.78, 5) is 1.93. The molecule has 140 valence electrons. The Bertz CT molecular complexity index is 997. The van der Waals surface area contributed by atoms with Crippen molar-refractivity contribution in [2.45, 2.75) is 9.79 Å². The maximum atomic E-state index is 13.9. The Hall–Kier alpha value is -1.97. The van der Waals surface area contributed by atoms with Crippen molar-refractivity contribution in [3.05, 3.63) is 54.3 Å². The Kier molecular flexibility index (Phi) is 5.05. The van der Waals surface area contributed by atoms with Crippen LogP contribution < -0.4 is 4.90 Å². The summed E-state index contributed by atoms with van der Waals surface area (Å²) in [5, 5.41) is 0.